The van der Waals surface area contributed by atoms with Crippen LogP contribution < -0.4 is 5.32 Å². The second-order valence-corrected chi connectivity index (χ2v) is 6.69. The van der Waals surface area contributed by atoms with Gasteiger partial charge in [0, 0.05) is 30.9 Å². The van der Waals surface area contributed by atoms with E-state index in [1.165, 1.54) is 11.6 Å². The van der Waals surface area contributed by atoms with Gasteiger partial charge in [-0.1, -0.05) is 12.1 Å². The summed E-state index contributed by atoms with van der Waals surface area (Å²) < 4.78 is 26.9. The fourth-order valence-corrected chi connectivity index (χ4v) is 3.24. The summed E-state index contributed by atoms with van der Waals surface area (Å²) in [6.45, 7) is 3.38. The van der Waals surface area contributed by atoms with Gasteiger partial charge in [-0.2, -0.15) is 0 Å². The van der Waals surface area contributed by atoms with Crippen LogP contribution in [0.3, 0.4) is 0 Å². The van der Waals surface area contributed by atoms with Crippen LogP contribution in [-0.4, -0.2) is 29.7 Å². The smallest absolute Gasteiger partial charge is 0.128 e. The van der Waals surface area contributed by atoms with Crippen molar-refractivity contribution in [1.29, 1.82) is 0 Å². The van der Waals surface area contributed by atoms with Crippen LogP contribution in [0.5, 0.6) is 0 Å². The van der Waals surface area contributed by atoms with E-state index in [1.807, 2.05) is 12.1 Å². The number of aliphatic hydroxyl groups excluding tert-OH is 1. The number of nitrogens with one attached hydrogen (secondary N) is 1. The zero-order valence-electron chi connectivity index (χ0n) is 14.2. The van der Waals surface area contributed by atoms with Gasteiger partial charge in [-0.05, 0) is 67.7 Å². The van der Waals surface area contributed by atoms with E-state index in [1.54, 1.807) is 0 Å². The van der Waals surface area contributed by atoms with E-state index in [4.69, 9.17) is 0 Å². The van der Waals surface area contributed by atoms with E-state index in [2.05, 4.69) is 22.3 Å². The Morgan fingerprint density at radius 2 is 1.88 bits per heavy atom. The van der Waals surface area contributed by atoms with Crippen molar-refractivity contribution in [3.8, 4) is 0 Å². The molecule has 1 saturated heterocycles. The van der Waals surface area contributed by atoms with Crippen molar-refractivity contribution in [3.63, 3.8) is 0 Å². The van der Waals surface area contributed by atoms with Gasteiger partial charge < -0.3 is 10.4 Å². The van der Waals surface area contributed by atoms with Gasteiger partial charge in [0.2, 0.25) is 0 Å². The Labute approximate surface area is 147 Å². The van der Waals surface area contributed by atoms with Crippen LogP contribution in [0.1, 0.15) is 24.0 Å². The van der Waals surface area contributed by atoms with Crippen molar-refractivity contribution in [2.45, 2.75) is 25.9 Å². The van der Waals surface area contributed by atoms with Crippen molar-refractivity contribution < 1.29 is 13.9 Å². The summed E-state index contributed by atoms with van der Waals surface area (Å²) in [5.74, 6) is -0.402. The topological polar surface area (TPSA) is 35.5 Å². The number of piperidine rings is 1. The molecule has 0 unspecified atom stereocenters. The van der Waals surface area contributed by atoms with Gasteiger partial charge in [-0.25, -0.2) is 8.78 Å². The zero-order valence-corrected chi connectivity index (χ0v) is 14.2. The minimum atomic E-state index is -0.432. The summed E-state index contributed by atoms with van der Waals surface area (Å²) in [6.07, 6.45) is 2.07. The fraction of sp³-hybridized carbons (Fsp3) is 0.400. The molecule has 1 fully saturated rings. The Kier molecular flexibility index (Phi) is 6.00. The van der Waals surface area contributed by atoms with Gasteiger partial charge in [0.1, 0.15) is 11.6 Å². The highest BCUT2D eigenvalue weighted by Crippen LogP contribution is 2.20. The number of likely N-dealkylation sites (tertiary alicyclic amines) is 1. The number of hydrogen-bond acceptors (Lipinski definition) is 3. The average molecular weight is 346 g/mol. The predicted octanol–water partition coefficient (Wildman–Crippen LogP) is 3.78. The van der Waals surface area contributed by atoms with E-state index < -0.39 is 11.6 Å². The molecular weight excluding hydrogens is 322 g/mol. The molecule has 2 N–H and O–H groups in total. The summed E-state index contributed by atoms with van der Waals surface area (Å²) >= 11 is 0. The van der Waals surface area contributed by atoms with E-state index >= 15 is 0 Å². The van der Waals surface area contributed by atoms with Crippen molar-refractivity contribution >= 4 is 5.69 Å². The first-order chi connectivity index (χ1) is 12.1. The van der Waals surface area contributed by atoms with Crippen LogP contribution in [-0.2, 0) is 13.1 Å². The molecule has 3 nitrogen and oxygen atoms in total. The van der Waals surface area contributed by atoms with Crippen LogP contribution in [0.4, 0.5) is 14.5 Å². The molecule has 5 heteroatoms. The van der Waals surface area contributed by atoms with E-state index in [-0.39, 0.29) is 13.2 Å². The van der Waals surface area contributed by atoms with Crippen LogP contribution in [0.2, 0.25) is 0 Å². The second-order valence-electron chi connectivity index (χ2n) is 6.69. The lowest BCUT2D eigenvalue weighted by molar-refractivity contribution is 0.127. The molecule has 0 bridgehead atoms. The molecule has 134 valence electrons. The summed E-state index contributed by atoms with van der Waals surface area (Å²) in [7, 11) is 0. The minimum Gasteiger partial charge on any atom is -0.396 e. The molecule has 2 aromatic carbocycles. The molecule has 0 spiro atoms. The van der Waals surface area contributed by atoms with E-state index in [9.17, 15) is 13.9 Å². The Bertz CT molecular complexity index is 700. The number of rotatable bonds is 6. The van der Waals surface area contributed by atoms with Crippen molar-refractivity contribution in [2.24, 2.45) is 5.92 Å². The Morgan fingerprint density at radius 1 is 1.08 bits per heavy atom. The number of benzene rings is 2. The van der Waals surface area contributed by atoms with Gasteiger partial charge in [0.05, 0.1) is 0 Å². The highest BCUT2D eigenvalue weighted by atomic mass is 19.1. The lowest BCUT2D eigenvalue weighted by atomic mass is 9.97. The van der Waals surface area contributed by atoms with Gasteiger partial charge in [0.15, 0.2) is 0 Å². The number of hydrogen-bond donors (Lipinski definition) is 2. The van der Waals surface area contributed by atoms with Crippen LogP contribution in [0, 0.1) is 17.6 Å². The van der Waals surface area contributed by atoms with Crippen molar-refractivity contribution in [3.05, 3.63) is 65.2 Å². The highest BCUT2D eigenvalue weighted by molar-refractivity contribution is 5.46. The van der Waals surface area contributed by atoms with Gasteiger partial charge in [-0.15, -0.1) is 0 Å². The van der Waals surface area contributed by atoms with Crippen LogP contribution in [0.15, 0.2) is 42.5 Å². The summed E-state index contributed by atoms with van der Waals surface area (Å²) in [5.41, 5.74) is 2.40. The van der Waals surface area contributed by atoms with Gasteiger partial charge in [-0.3, -0.25) is 4.90 Å². The zero-order chi connectivity index (χ0) is 17.6. The summed E-state index contributed by atoms with van der Waals surface area (Å²) in [5, 5.41) is 12.4. The molecule has 0 saturated carbocycles. The van der Waals surface area contributed by atoms with Gasteiger partial charge in [0.25, 0.3) is 0 Å². The summed E-state index contributed by atoms with van der Waals surface area (Å²) in [6, 6.07) is 11.5. The third-order valence-electron chi connectivity index (χ3n) is 4.79. The monoisotopic (exact) mass is 346 g/mol. The molecule has 0 aromatic heterocycles. The van der Waals surface area contributed by atoms with Crippen molar-refractivity contribution in [1.82, 2.24) is 4.90 Å². The number of halogens is 2. The first-order valence-electron chi connectivity index (χ1n) is 8.74. The van der Waals surface area contributed by atoms with Crippen molar-refractivity contribution in [2.75, 3.05) is 25.0 Å². The molecule has 0 aliphatic carbocycles. The maximum Gasteiger partial charge on any atom is 0.128 e. The predicted molar refractivity (Wildman–Crippen MR) is 95.2 cm³/mol. The molecule has 1 heterocycles. The molecular formula is C20H24F2N2O. The molecule has 1 aliphatic rings. The largest absolute Gasteiger partial charge is 0.396 e. The highest BCUT2D eigenvalue weighted by Gasteiger charge is 2.18. The van der Waals surface area contributed by atoms with E-state index in [0.717, 1.165) is 50.3 Å². The lowest BCUT2D eigenvalue weighted by Gasteiger charge is -2.31. The van der Waals surface area contributed by atoms with Crippen LogP contribution >= 0.6 is 0 Å². The summed E-state index contributed by atoms with van der Waals surface area (Å²) in [4.78, 5) is 2.39. The Morgan fingerprint density at radius 3 is 2.64 bits per heavy atom. The normalized spacial score (nSPS) is 16.1. The molecule has 1 aliphatic heterocycles. The molecule has 0 radical (unpaired) electrons. The quantitative estimate of drug-likeness (QED) is 0.836. The maximum absolute atomic E-state index is 13.7. The van der Waals surface area contributed by atoms with E-state index in [0.29, 0.717) is 11.5 Å². The Balaban J connectivity index is 1.57. The third-order valence-corrected chi connectivity index (χ3v) is 4.79. The standard InChI is InChI=1S/C20H24F2N2O/c21-18-4-5-20(22)17(11-18)12-23-19-3-1-2-16(10-19)13-24-8-6-15(14-25)7-9-24/h1-5,10-11,15,23,25H,6-9,12-14H2. The first kappa shape index (κ1) is 17.8. The number of aliphatic hydroxyl groups is 1. The van der Waals surface area contributed by atoms with Crippen LogP contribution in [0.25, 0.3) is 0 Å². The first-order valence-corrected chi connectivity index (χ1v) is 8.74. The SMILES string of the molecule is OCC1CCN(Cc2cccc(NCc3cc(F)ccc3F)c2)CC1. The Hall–Kier alpha value is -1.98. The molecule has 3 rings (SSSR count). The molecule has 0 amide bonds. The fourth-order valence-electron chi connectivity index (χ4n) is 3.24. The second kappa shape index (κ2) is 8.41. The van der Waals surface area contributed by atoms with Gasteiger partial charge >= 0.3 is 0 Å². The average Bonchev–Trinajstić information content (AvgIpc) is 2.63. The maximum atomic E-state index is 13.7. The lowest BCUT2D eigenvalue weighted by Crippen LogP contribution is -2.34. The number of nitrogens with zero attached hydrogens (tertiary/aromatic N) is 1. The molecule has 0 atom stereocenters. The molecule has 25 heavy (non-hydrogen) atoms. The number of anilines is 1. The third kappa shape index (κ3) is 5.00. The minimum absolute atomic E-state index is 0.245. The molecule has 2 aromatic rings.